The molecule has 4 saturated carbocycles. The second kappa shape index (κ2) is 8.83. The molecule has 0 bridgehead atoms. The number of ether oxygens (including phenoxy) is 1. The van der Waals surface area contributed by atoms with Crippen LogP contribution in [0.15, 0.2) is 54.6 Å². The van der Waals surface area contributed by atoms with Crippen LogP contribution in [0.4, 0.5) is 10.5 Å². The van der Waals surface area contributed by atoms with Crippen molar-refractivity contribution in [2.45, 2.75) is 77.7 Å². The number of nitrogens with one attached hydrogen (secondary N) is 1. The number of rotatable bonds is 2. The van der Waals surface area contributed by atoms with E-state index in [0.717, 1.165) is 60.4 Å². The molecule has 4 heteroatoms. The zero-order valence-electron chi connectivity index (χ0n) is 22.7. The Labute approximate surface area is 225 Å². The van der Waals surface area contributed by atoms with Crippen LogP contribution in [0.2, 0.25) is 0 Å². The molecule has 0 saturated heterocycles. The standard InChI is InChI=1S/C34H39NO3/c1-33-16-14-25(20-24(33)10-11-26-28-12-13-31(36)34(28,2)17-15-29(26)33)38-32(37)35-30-9-5-8-23-18-21-6-3-4-7-22(21)19-27(23)30/h3-9,18-19,24-26,28-29H,10-17,20H2,1-2H3,(H,35,37)/t24-,25+,26+,28+,29+,33+,34+/m1/s1. The summed E-state index contributed by atoms with van der Waals surface area (Å²) < 4.78 is 6.07. The van der Waals surface area contributed by atoms with Crippen molar-refractivity contribution >= 4 is 39.1 Å². The predicted molar refractivity (Wildman–Crippen MR) is 152 cm³/mol. The Morgan fingerprint density at radius 1 is 0.868 bits per heavy atom. The van der Waals surface area contributed by atoms with E-state index in [0.29, 0.717) is 34.9 Å². The normalized spacial score (nSPS) is 36.4. The van der Waals surface area contributed by atoms with Gasteiger partial charge in [-0.05, 0) is 115 Å². The van der Waals surface area contributed by atoms with E-state index >= 15 is 0 Å². The van der Waals surface area contributed by atoms with Crippen molar-refractivity contribution in [3.63, 3.8) is 0 Å². The highest BCUT2D eigenvalue weighted by molar-refractivity contribution is 6.06. The molecule has 1 amide bonds. The molecule has 0 heterocycles. The molecule has 0 radical (unpaired) electrons. The SMILES string of the molecule is C[C@]12CC[C@H](OC(=O)Nc3cccc4cc5ccccc5cc34)C[C@H]1CC[C@@H]1[C@@H]2CC[C@]2(C)C(=O)CC[C@@H]12. The Balaban J connectivity index is 1.04. The van der Waals surface area contributed by atoms with E-state index in [1.165, 1.54) is 24.6 Å². The van der Waals surface area contributed by atoms with Crippen molar-refractivity contribution in [2.75, 3.05) is 5.32 Å². The van der Waals surface area contributed by atoms with Gasteiger partial charge in [-0.15, -0.1) is 0 Å². The molecule has 38 heavy (non-hydrogen) atoms. The largest absolute Gasteiger partial charge is 0.446 e. The molecule has 7 rings (SSSR count). The Kier molecular flexibility index (Phi) is 5.62. The summed E-state index contributed by atoms with van der Waals surface area (Å²) in [7, 11) is 0. The van der Waals surface area contributed by atoms with Gasteiger partial charge in [-0.3, -0.25) is 10.1 Å². The van der Waals surface area contributed by atoms with Gasteiger partial charge in [0.25, 0.3) is 0 Å². The van der Waals surface area contributed by atoms with Crippen LogP contribution >= 0.6 is 0 Å². The first-order valence-corrected chi connectivity index (χ1v) is 14.8. The lowest BCUT2D eigenvalue weighted by atomic mass is 9.45. The van der Waals surface area contributed by atoms with Crippen LogP contribution in [0.25, 0.3) is 21.5 Å². The van der Waals surface area contributed by atoms with Gasteiger partial charge in [0, 0.05) is 17.2 Å². The zero-order chi connectivity index (χ0) is 26.1. The summed E-state index contributed by atoms with van der Waals surface area (Å²) >= 11 is 0. The molecule has 4 aliphatic carbocycles. The Hall–Kier alpha value is -2.88. The molecular formula is C34H39NO3. The molecule has 3 aromatic rings. The minimum absolute atomic E-state index is 0.0256. The van der Waals surface area contributed by atoms with Gasteiger partial charge in [-0.2, -0.15) is 0 Å². The molecule has 0 aliphatic heterocycles. The first kappa shape index (κ1) is 24.2. The third-order valence-corrected chi connectivity index (χ3v) is 11.6. The van der Waals surface area contributed by atoms with E-state index in [4.69, 9.17) is 4.74 Å². The molecule has 4 fully saturated rings. The summed E-state index contributed by atoms with van der Waals surface area (Å²) in [5, 5.41) is 7.57. The van der Waals surface area contributed by atoms with Crippen LogP contribution < -0.4 is 5.32 Å². The number of ketones is 1. The number of hydrogen-bond donors (Lipinski definition) is 1. The fourth-order valence-electron chi connectivity index (χ4n) is 9.46. The van der Waals surface area contributed by atoms with Crippen LogP contribution in [-0.4, -0.2) is 18.0 Å². The van der Waals surface area contributed by atoms with E-state index < -0.39 is 0 Å². The lowest BCUT2D eigenvalue weighted by molar-refractivity contribution is -0.142. The van der Waals surface area contributed by atoms with Crippen LogP contribution in [0.3, 0.4) is 0 Å². The van der Waals surface area contributed by atoms with Crippen LogP contribution in [0.5, 0.6) is 0 Å². The number of hydrogen-bond acceptors (Lipinski definition) is 3. The Bertz CT molecular complexity index is 1430. The van der Waals surface area contributed by atoms with Crippen molar-refractivity contribution in [3.05, 3.63) is 54.6 Å². The molecule has 4 aliphatic rings. The molecule has 1 N–H and O–H groups in total. The highest BCUT2D eigenvalue weighted by atomic mass is 16.6. The maximum absolute atomic E-state index is 13.1. The first-order valence-electron chi connectivity index (χ1n) is 14.8. The summed E-state index contributed by atoms with van der Waals surface area (Å²) in [4.78, 5) is 25.8. The second-order valence-corrected chi connectivity index (χ2v) is 13.2. The number of benzene rings is 3. The highest BCUT2D eigenvalue weighted by Gasteiger charge is 2.60. The van der Waals surface area contributed by atoms with Gasteiger partial charge in [0.15, 0.2) is 0 Å². The first-order chi connectivity index (χ1) is 18.3. The van der Waals surface area contributed by atoms with E-state index in [1.54, 1.807) is 0 Å². The number of amides is 1. The lowest BCUT2D eigenvalue weighted by Gasteiger charge is -2.60. The monoisotopic (exact) mass is 509 g/mol. The van der Waals surface area contributed by atoms with Crippen LogP contribution in [0.1, 0.15) is 71.6 Å². The summed E-state index contributed by atoms with van der Waals surface area (Å²) in [6, 6.07) is 18.7. The number of fused-ring (bicyclic) bond motifs is 7. The van der Waals surface area contributed by atoms with Gasteiger partial charge in [-0.25, -0.2) is 4.79 Å². The second-order valence-electron chi connectivity index (χ2n) is 13.2. The van der Waals surface area contributed by atoms with Crippen LogP contribution in [0, 0.1) is 34.5 Å². The van der Waals surface area contributed by atoms with Gasteiger partial charge in [0.1, 0.15) is 11.9 Å². The van der Waals surface area contributed by atoms with Crippen molar-refractivity contribution in [1.29, 1.82) is 0 Å². The van der Waals surface area contributed by atoms with E-state index in [2.05, 4.69) is 55.6 Å². The number of carbonyl (C=O) groups excluding carboxylic acids is 2. The minimum Gasteiger partial charge on any atom is -0.446 e. The summed E-state index contributed by atoms with van der Waals surface area (Å²) in [5.41, 5.74) is 1.05. The molecule has 0 spiro atoms. The average Bonchev–Trinajstić information content (AvgIpc) is 3.22. The maximum atomic E-state index is 13.1. The molecule has 7 atom stereocenters. The van der Waals surface area contributed by atoms with Crippen molar-refractivity contribution in [3.8, 4) is 0 Å². The Morgan fingerprint density at radius 2 is 1.66 bits per heavy atom. The van der Waals surface area contributed by atoms with Gasteiger partial charge in [0.05, 0.1) is 5.69 Å². The number of Topliss-reactive ketones (excluding diaryl/α,β-unsaturated/α-hetero) is 1. The fourth-order valence-corrected chi connectivity index (χ4v) is 9.46. The van der Waals surface area contributed by atoms with Crippen molar-refractivity contribution in [2.24, 2.45) is 34.5 Å². The molecule has 3 aromatic carbocycles. The van der Waals surface area contributed by atoms with Crippen LogP contribution in [-0.2, 0) is 9.53 Å². The van der Waals surface area contributed by atoms with Gasteiger partial charge in [0.2, 0.25) is 0 Å². The lowest BCUT2D eigenvalue weighted by Crippen LogP contribution is -2.54. The smallest absolute Gasteiger partial charge is 0.411 e. The number of anilines is 1. The Morgan fingerprint density at radius 3 is 2.50 bits per heavy atom. The molecule has 4 nitrogen and oxygen atoms in total. The van der Waals surface area contributed by atoms with E-state index in [9.17, 15) is 9.59 Å². The third-order valence-electron chi connectivity index (χ3n) is 11.6. The summed E-state index contributed by atoms with van der Waals surface area (Å²) in [6.07, 6.45) is 9.26. The average molecular weight is 510 g/mol. The topological polar surface area (TPSA) is 55.4 Å². The molecule has 0 unspecified atom stereocenters. The van der Waals surface area contributed by atoms with Gasteiger partial charge < -0.3 is 4.74 Å². The third kappa shape index (κ3) is 3.70. The van der Waals surface area contributed by atoms with Gasteiger partial charge in [-0.1, -0.05) is 50.2 Å². The highest BCUT2D eigenvalue weighted by Crippen LogP contribution is 2.65. The van der Waals surface area contributed by atoms with E-state index in [-0.39, 0.29) is 17.6 Å². The maximum Gasteiger partial charge on any atom is 0.411 e. The van der Waals surface area contributed by atoms with Crippen molar-refractivity contribution in [1.82, 2.24) is 0 Å². The molecular weight excluding hydrogens is 470 g/mol. The number of carbonyl (C=O) groups is 2. The molecule has 198 valence electrons. The van der Waals surface area contributed by atoms with Gasteiger partial charge >= 0.3 is 6.09 Å². The predicted octanol–water partition coefficient (Wildman–Crippen LogP) is 8.52. The zero-order valence-corrected chi connectivity index (χ0v) is 22.7. The summed E-state index contributed by atoms with van der Waals surface area (Å²) in [6.45, 7) is 4.78. The summed E-state index contributed by atoms with van der Waals surface area (Å²) in [5.74, 6) is 3.12. The molecule has 0 aromatic heterocycles. The fraction of sp³-hybridized carbons (Fsp3) is 0.529. The quantitative estimate of drug-likeness (QED) is 0.352. The minimum atomic E-state index is -0.342. The van der Waals surface area contributed by atoms with Crippen molar-refractivity contribution < 1.29 is 14.3 Å². The van der Waals surface area contributed by atoms with E-state index in [1.807, 2.05) is 18.2 Å².